The Bertz CT molecular complexity index is 1480. The SMILES string of the molecule is COCCOC(=O)N(n1c(=O)[nH]c2cc(C(F)F)c(-c3ccnn3C(C)C)cc2c1=O)S(C)(=O)=O. The number of aromatic amines is 1. The lowest BCUT2D eigenvalue weighted by atomic mass is 10.0. The Morgan fingerprint density at radius 3 is 2.49 bits per heavy atom. The molecule has 0 aliphatic heterocycles. The summed E-state index contributed by atoms with van der Waals surface area (Å²) in [6, 6.07) is 3.30. The molecular formula is C20H23F2N5O7S. The number of hydrogen-bond acceptors (Lipinski definition) is 8. The number of carbonyl (C=O) groups is 1. The number of hydrogen-bond donors (Lipinski definition) is 1. The predicted octanol–water partition coefficient (Wildman–Crippen LogP) is 1.75. The lowest BCUT2D eigenvalue weighted by Crippen LogP contribution is -2.56. The Hall–Kier alpha value is -3.59. The first-order valence-electron chi connectivity index (χ1n) is 10.2. The zero-order valence-electron chi connectivity index (χ0n) is 19.2. The Morgan fingerprint density at radius 2 is 1.91 bits per heavy atom. The number of nitrogens with one attached hydrogen (secondary N) is 1. The molecule has 3 aromatic rings. The molecule has 12 nitrogen and oxygen atoms in total. The quantitative estimate of drug-likeness (QED) is 0.447. The lowest BCUT2D eigenvalue weighted by Gasteiger charge is -2.21. The molecule has 0 saturated carbocycles. The van der Waals surface area contributed by atoms with Crippen LogP contribution in [0.3, 0.4) is 0 Å². The van der Waals surface area contributed by atoms with Gasteiger partial charge < -0.3 is 14.5 Å². The maximum absolute atomic E-state index is 13.9. The van der Waals surface area contributed by atoms with Crippen molar-refractivity contribution in [2.45, 2.75) is 26.3 Å². The monoisotopic (exact) mass is 515 g/mol. The van der Waals surface area contributed by atoms with E-state index in [9.17, 15) is 31.6 Å². The third kappa shape index (κ3) is 5.09. The smallest absolute Gasteiger partial charge is 0.444 e. The number of fused-ring (bicyclic) bond motifs is 1. The highest BCUT2D eigenvalue weighted by Gasteiger charge is 2.31. The number of ether oxygens (including phenoxy) is 2. The fraction of sp³-hybridized carbons (Fsp3) is 0.400. The fourth-order valence-electron chi connectivity index (χ4n) is 3.41. The van der Waals surface area contributed by atoms with Crippen LogP contribution in [0.2, 0.25) is 0 Å². The summed E-state index contributed by atoms with van der Waals surface area (Å²) in [5, 5.41) is 3.80. The highest BCUT2D eigenvalue weighted by Crippen LogP contribution is 2.34. The number of methoxy groups -OCH3 is 1. The predicted molar refractivity (Wildman–Crippen MR) is 122 cm³/mol. The highest BCUT2D eigenvalue weighted by molar-refractivity contribution is 7.92. The Balaban J connectivity index is 2.32. The van der Waals surface area contributed by atoms with Crippen molar-refractivity contribution in [1.82, 2.24) is 19.4 Å². The molecule has 0 bridgehead atoms. The zero-order chi connectivity index (χ0) is 26.1. The lowest BCUT2D eigenvalue weighted by molar-refractivity contribution is 0.102. The molecule has 0 aliphatic rings. The number of halogens is 2. The van der Waals surface area contributed by atoms with Crippen LogP contribution in [0.15, 0.2) is 34.0 Å². The number of benzene rings is 1. The van der Waals surface area contributed by atoms with E-state index >= 15 is 0 Å². The summed E-state index contributed by atoms with van der Waals surface area (Å²) in [7, 11) is -3.22. The zero-order valence-corrected chi connectivity index (χ0v) is 20.0. The average molecular weight is 515 g/mol. The molecule has 0 fully saturated rings. The van der Waals surface area contributed by atoms with Crippen LogP contribution in [0.25, 0.3) is 22.2 Å². The minimum Gasteiger partial charge on any atom is -0.445 e. The van der Waals surface area contributed by atoms with E-state index in [1.54, 1.807) is 13.8 Å². The van der Waals surface area contributed by atoms with Crippen molar-refractivity contribution in [3.05, 3.63) is 50.8 Å². The highest BCUT2D eigenvalue weighted by atomic mass is 32.2. The van der Waals surface area contributed by atoms with Crippen molar-refractivity contribution in [2.75, 3.05) is 31.0 Å². The largest absolute Gasteiger partial charge is 0.445 e. The molecule has 0 atom stereocenters. The van der Waals surface area contributed by atoms with Crippen molar-refractivity contribution in [1.29, 1.82) is 0 Å². The molecule has 1 amide bonds. The molecule has 0 spiro atoms. The van der Waals surface area contributed by atoms with Crippen LogP contribution in [0, 0.1) is 0 Å². The van der Waals surface area contributed by atoms with E-state index in [0.717, 1.165) is 12.1 Å². The van der Waals surface area contributed by atoms with E-state index in [1.165, 1.54) is 24.1 Å². The second-order valence-electron chi connectivity index (χ2n) is 7.70. The van der Waals surface area contributed by atoms with Crippen molar-refractivity contribution in [3.8, 4) is 11.3 Å². The van der Waals surface area contributed by atoms with Gasteiger partial charge in [0.05, 0.1) is 29.5 Å². The molecule has 1 aromatic carbocycles. The first-order valence-corrected chi connectivity index (χ1v) is 12.0. The topological polar surface area (TPSA) is 146 Å². The standard InChI is InChI=1S/C20H23F2N5O7S/c1-11(2)25-16(5-6-23-25)12-9-14-15(10-13(12)17(21)22)24-19(29)26(18(14)28)27(35(4,31)32)20(30)34-8-7-33-3/h5-6,9-11,17H,7-8H2,1-4H3,(H,24,29). The fourth-order valence-corrected chi connectivity index (χ4v) is 4.18. The molecule has 35 heavy (non-hydrogen) atoms. The average Bonchev–Trinajstić information content (AvgIpc) is 3.25. The minimum absolute atomic E-state index is 0.0401. The number of sulfonamides is 1. The van der Waals surface area contributed by atoms with E-state index in [2.05, 4.69) is 10.1 Å². The molecule has 0 saturated heterocycles. The van der Waals surface area contributed by atoms with Gasteiger partial charge in [0.2, 0.25) is 0 Å². The second kappa shape index (κ2) is 9.95. The van der Waals surface area contributed by atoms with Gasteiger partial charge in [0.15, 0.2) is 0 Å². The van der Waals surface area contributed by atoms with Gasteiger partial charge >= 0.3 is 11.8 Å². The maximum Gasteiger partial charge on any atom is 0.444 e. The summed E-state index contributed by atoms with van der Waals surface area (Å²) in [6.45, 7) is 3.13. The van der Waals surface area contributed by atoms with Crippen LogP contribution in [0.4, 0.5) is 13.6 Å². The molecule has 2 heterocycles. The van der Waals surface area contributed by atoms with Gasteiger partial charge in [-0.1, -0.05) is 4.41 Å². The summed E-state index contributed by atoms with van der Waals surface area (Å²) in [5.41, 5.74) is -3.12. The Morgan fingerprint density at radius 1 is 1.23 bits per heavy atom. The molecule has 190 valence electrons. The van der Waals surface area contributed by atoms with Gasteiger partial charge in [-0.2, -0.15) is 5.10 Å². The summed E-state index contributed by atoms with van der Waals surface area (Å²) in [6.07, 6.45) is -2.51. The number of alkyl halides is 2. The molecular weight excluding hydrogens is 492 g/mol. The summed E-state index contributed by atoms with van der Waals surface area (Å²) in [4.78, 5) is 40.6. The summed E-state index contributed by atoms with van der Waals surface area (Å²) in [5.74, 6) is 0. The number of rotatable bonds is 8. The van der Waals surface area contributed by atoms with Gasteiger partial charge in [0.25, 0.3) is 22.0 Å². The first kappa shape index (κ1) is 26.0. The van der Waals surface area contributed by atoms with Gasteiger partial charge in [0, 0.05) is 30.5 Å². The van der Waals surface area contributed by atoms with Gasteiger partial charge in [-0.05, 0) is 32.0 Å². The van der Waals surface area contributed by atoms with E-state index in [4.69, 9.17) is 9.47 Å². The molecule has 2 aromatic heterocycles. The summed E-state index contributed by atoms with van der Waals surface area (Å²) >= 11 is 0. The molecule has 3 rings (SSSR count). The maximum atomic E-state index is 13.9. The van der Waals surface area contributed by atoms with Gasteiger partial charge in [0.1, 0.15) is 6.61 Å². The third-order valence-electron chi connectivity index (χ3n) is 4.88. The normalized spacial score (nSPS) is 12.0. The van der Waals surface area contributed by atoms with Crippen LogP contribution in [0.1, 0.15) is 31.9 Å². The van der Waals surface area contributed by atoms with E-state index < -0.39 is 39.4 Å². The first-order chi connectivity index (χ1) is 16.4. The molecule has 0 unspecified atom stereocenters. The number of nitrogens with zero attached hydrogens (tertiary/aromatic N) is 4. The van der Waals surface area contributed by atoms with E-state index in [1.807, 2.05) is 0 Å². The van der Waals surface area contributed by atoms with Crippen LogP contribution in [-0.4, -0.2) is 60.5 Å². The molecule has 0 aliphatic carbocycles. The molecule has 0 radical (unpaired) electrons. The van der Waals surface area contributed by atoms with Crippen LogP contribution < -0.4 is 15.7 Å². The Labute approximate surface area is 197 Å². The van der Waals surface area contributed by atoms with Gasteiger partial charge in [-0.15, -0.1) is 4.68 Å². The van der Waals surface area contributed by atoms with Crippen LogP contribution in [-0.2, 0) is 19.5 Å². The van der Waals surface area contributed by atoms with Crippen LogP contribution in [0.5, 0.6) is 0 Å². The van der Waals surface area contributed by atoms with Crippen molar-refractivity contribution in [2.24, 2.45) is 0 Å². The van der Waals surface area contributed by atoms with E-state index in [-0.39, 0.29) is 50.5 Å². The van der Waals surface area contributed by atoms with Crippen molar-refractivity contribution in [3.63, 3.8) is 0 Å². The Kier molecular flexibility index (Phi) is 7.40. The molecule has 1 N–H and O–H groups in total. The van der Waals surface area contributed by atoms with E-state index in [0.29, 0.717) is 6.26 Å². The number of carbonyl (C=O) groups excluding carboxylic acids is 1. The number of aromatic nitrogens is 4. The minimum atomic E-state index is -4.53. The van der Waals surface area contributed by atoms with Gasteiger partial charge in [-0.25, -0.2) is 26.8 Å². The number of amides is 1. The summed E-state index contributed by atoms with van der Waals surface area (Å²) < 4.78 is 63.4. The van der Waals surface area contributed by atoms with Crippen molar-refractivity contribution >= 4 is 27.0 Å². The number of H-pyrrole nitrogens is 1. The second-order valence-corrected chi connectivity index (χ2v) is 9.51. The third-order valence-corrected chi connectivity index (χ3v) is 5.82. The van der Waals surface area contributed by atoms with Gasteiger partial charge in [-0.3, -0.25) is 9.48 Å². The molecule has 15 heteroatoms. The van der Waals surface area contributed by atoms with Crippen molar-refractivity contribution < 1.29 is 31.5 Å². The van der Waals surface area contributed by atoms with Crippen LogP contribution >= 0.6 is 0 Å².